The first-order chi connectivity index (χ1) is 20.2. The van der Waals surface area contributed by atoms with Crippen LogP contribution in [0.2, 0.25) is 0 Å². The molecular formula is C33H33F4N5. The molecule has 42 heavy (non-hydrogen) atoms. The number of hydrogen-bond donors (Lipinski definition) is 2. The first kappa shape index (κ1) is 29.3. The van der Waals surface area contributed by atoms with Gasteiger partial charge in [0.25, 0.3) is 5.92 Å². The highest BCUT2D eigenvalue weighted by Crippen LogP contribution is 2.32. The fourth-order valence-electron chi connectivity index (χ4n) is 5.44. The summed E-state index contributed by atoms with van der Waals surface area (Å²) in [6.07, 6.45) is 8.99. The fourth-order valence-corrected chi connectivity index (χ4v) is 5.44. The summed E-state index contributed by atoms with van der Waals surface area (Å²) in [5.74, 6) is -2.78. The van der Waals surface area contributed by atoms with E-state index < -0.39 is 11.7 Å². The maximum atomic E-state index is 15.5. The molecule has 0 aliphatic carbocycles. The van der Waals surface area contributed by atoms with Gasteiger partial charge in [0, 0.05) is 61.7 Å². The van der Waals surface area contributed by atoms with Gasteiger partial charge in [-0.15, -0.1) is 0 Å². The molecular weight excluding hydrogens is 542 g/mol. The standard InChI is InChI=1S/C33H33F4N5/c1-4-6-27(23-7-5-8-26(34)14-23)32-21(2)40-31(41-32)16-25-15-28(29(35)17-30(25)38-3)24-9-11-39-18-22(13-24)19-42-12-10-33(36,37)20-42/h4-9,13-15,17-18,38H,1,10-12,16,19-20H2,2-3H3,(H,40,41)/b27-6-. The van der Waals surface area contributed by atoms with Gasteiger partial charge < -0.3 is 10.3 Å². The Labute approximate surface area is 243 Å². The van der Waals surface area contributed by atoms with Gasteiger partial charge in [-0.2, -0.15) is 0 Å². The zero-order valence-corrected chi connectivity index (χ0v) is 23.7. The van der Waals surface area contributed by atoms with Crippen molar-refractivity contribution in [3.05, 3.63) is 118 Å². The summed E-state index contributed by atoms with van der Waals surface area (Å²) in [4.78, 5) is 14.2. The fraction of sp³-hybridized carbons (Fsp3) is 0.273. The second kappa shape index (κ2) is 12.3. The number of aromatic nitrogens is 2. The van der Waals surface area contributed by atoms with Crippen LogP contribution in [0, 0.1) is 18.6 Å². The number of nitrogens with one attached hydrogen (secondary N) is 2. The first-order valence-electron chi connectivity index (χ1n) is 13.8. The lowest BCUT2D eigenvalue weighted by Crippen LogP contribution is -2.27. The lowest BCUT2D eigenvalue weighted by Gasteiger charge is -2.16. The minimum atomic E-state index is -2.69. The number of rotatable bonds is 9. The number of imidazole rings is 1. The number of aromatic amines is 1. The van der Waals surface area contributed by atoms with Gasteiger partial charge in [-0.1, -0.05) is 36.9 Å². The Morgan fingerprint density at radius 2 is 2.05 bits per heavy atom. The predicted molar refractivity (Wildman–Crippen MR) is 161 cm³/mol. The van der Waals surface area contributed by atoms with Crippen LogP contribution in [0.25, 0.3) is 11.1 Å². The maximum absolute atomic E-state index is 15.5. The van der Waals surface area contributed by atoms with Crippen molar-refractivity contribution in [1.29, 1.82) is 0 Å². The van der Waals surface area contributed by atoms with E-state index in [2.05, 4.69) is 21.9 Å². The molecule has 1 aromatic heterocycles. The molecule has 218 valence electrons. The van der Waals surface area contributed by atoms with E-state index in [4.69, 9.17) is 4.98 Å². The van der Waals surface area contributed by atoms with E-state index in [1.165, 1.54) is 18.2 Å². The molecule has 2 aliphatic rings. The zero-order valence-electron chi connectivity index (χ0n) is 23.7. The number of nitrogens with zero attached hydrogens (tertiary/aromatic N) is 3. The quantitative estimate of drug-likeness (QED) is 0.214. The minimum absolute atomic E-state index is 0.162. The molecule has 0 saturated carbocycles. The number of aliphatic imine (C=N–C) groups is 1. The molecule has 1 fully saturated rings. The van der Waals surface area contributed by atoms with Crippen LogP contribution in [-0.4, -0.2) is 60.2 Å². The van der Waals surface area contributed by atoms with Crippen LogP contribution in [0.3, 0.4) is 0 Å². The van der Waals surface area contributed by atoms with E-state index in [9.17, 15) is 13.2 Å². The average molecular weight is 576 g/mol. The molecule has 0 amide bonds. The Hall–Kier alpha value is -4.24. The molecule has 0 spiro atoms. The third kappa shape index (κ3) is 6.62. The number of benzene rings is 2. The maximum Gasteiger partial charge on any atom is 0.261 e. The largest absolute Gasteiger partial charge is 0.388 e. The third-order valence-electron chi connectivity index (χ3n) is 7.41. The van der Waals surface area contributed by atoms with Crippen molar-refractivity contribution in [2.45, 2.75) is 25.7 Å². The van der Waals surface area contributed by atoms with E-state index in [1.54, 1.807) is 42.4 Å². The highest BCUT2D eigenvalue weighted by Gasteiger charge is 2.38. The Balaban J connectivity index is 1.45. The Kier molecular flexibility index (Phi) is 8.59. The van der Waals surface area contributed by atoms with Gasteiger partial charge in [0.2, 0.25) is 0 Å². The van der Waals surface area contributed by atoms with Crippen LogP contribution in [0.4, 0.5) is 23.2 Å². The Bertz CT molecular complexity index is 1610. The summed E-state index contributed by atoms with van der Waals surface area (Å²) < 4.78 is 56.9. The van der Waals surface area contributed by atoms with Crippen LogP contribution >= 0.6 is 0 Å². The van der Waals surface area contributed by atoms with Crippen molar-refractivity contribution >= 4 is 23.0 Å². The summed E-state index contributed by atoms with van der Waals surface area (Å²) in [7, 11) is 1.73. The van der Waals surface area contributed by atoms with Crippen LogP contribution in [0.15, 0.2) is 77.8 Å². The number of halogens is 4. The average Bonchev–Trinajstić information content (AvgIpc) is 3.38. The van der Waals surface area contributed by atoms with Crippen molar-refractivity contribution in [3.63, 3.8) is 0 Å². The number of allylic oxidation sites excluding steroid dienone is 4. The second-order valence-corrected chi connectivity index (χ2v) is 10.6. The lowest BCUT2D eigenvalue weighted by atomic mass is 9.97. The third-order valence-corrected chi connectivity index (χ3v) is 7.41. The van der Waals surface area contributed by atoms with Crippen LogP contribution < -0.4 is 5.32 Å². The van der Waals surface area contributed by atoms with Crippen molar-refractivity contribution in [2.75, 3.05) is 38.5 Å². The van der Waals surface area contributed by atoms with Gasteiger partial charge >= 0.3 is 0 Å². The highest BCUT2D eigenvalue weighted by atomic mass is 19.3. The highest BCUT2D eigenvalue weighted by molar-refractivity contribution is 5.88. The summed E-state index contributed by atoms with van der Waals surface area (Å²) in [5, 5.41) is 3.08. The van der Waals surface area contributed by atoms with Crippen LogP contribution in [0.5, 0.6) is 0 Å². The van der Waals surface area contributed by atoms with E-state index in [0.29, 0.717) is 60.0 Å². The summed E-state index contributed by atoms with van der Waals surface area (Å²) in [6, 6.07) is 9.56. The molecule has 0 unspecified atom stereocenters. The van der Waals surface area contributed by atoms with Gasteiger partial charge in [0.15, 0.2) is 0 Å². The smallest absolute Gasteiger partial charge is 0.261 e. The number of anilines is 1. The monoisotopic (exact) mass is 575 g/mol. The molecule has 0 atom stereocenters. The minimum Gasteiger partial charge on any atom is -0.388 e. The molecule has 9 heteroatoms. The van der Waals surface area contributed by atoms with E-state index in [0.717, 1.165) is 22.4 Å². The lowest BCUT2D eigenvalue weighted by molar-refractivity contribution is 0.0132. The molecule has 2 N–H and O–H groups in total. The molecule has 1 saturated heterocycles. The van der Waals surface area contributed by atoms with Crippen molar-refractivity contribution < 1.29 is 17.6 Å². The van der Waals surface area contributed by atoms with Gasteiger partial charge in [-0.25, -0.2) is 22.5 Å². The predicted octanol–water partition coefficient (Wildman–Crippen LogP) is 6.98. The van der Waals surface area contributed by atoms with Gasteiger partial charge in [0.1, 0.15) is 17.5 Å². The number of aryl methyl sites for hydroxylation is 1. The molecule has 3 heterocycles. The molecule has 0 radical (unpaired) electrons. The topological polar surface area (TPSA) is 56.3 Å². The van der Waals surface area contributed by atoms with E-state index in [1.807, 2.05) is 25.1 Å². The second-order valence-electron chi connectivity index (χ2n) is 10.6. The SMILES string of the molecule is C=C/C=C(/c1cccc(F)c1)c1nc(Cc2cc(C3=CCN=CC(CN4CCC(F)(F)C4)=C3)c(F)cc2NC)[nH]c1C. The summed E-state index contributed by atoms with van der Waals surface area (Å²) in [5.41, 5.74) is 6.12. The zero-order chi connectivity index (χ0) is 29.9. The Morgan fingerprint density at radius 3 is 2.76 bits per heavy atom. The van der Waals surface area contributed by atoms with Gasteiger partial charge in [0.05, 0.1) is 18.8 Å². The van der Waals surface area contributed by atoms with Crippen molar-refractivity contribution in [2.24, 2.45) is 4.99 Å². The number of alkyl halides is 2. The van der Waals surface area contributed by atoms with Gasteiger partial charge in [-0.05, 0) is 59.5 Å². The van der Waals surface area contributed by atoms with Crippen LogP contribution in [-0.2, 0) is 6.42 Å². The van der Waals surface area contributed by atoms with E-state index in [-0.39, 0.29) is 18.8 Å². The summed E-state index contributed by atoms with van der Waals surface area (Å²) in [6.45, 7) is 6.39. The molecule has 2 aromatic carbocycles. The van der Waals surface area contributed by atoms with Crippen molar-refractivity contribution in [1.82, 2.24) is 14.9 Å². The number of likely N-dealkylation sites (tertiary alicyclic amines) is 1. The molecule has 0 bridgehead atoms. The molecule has 5 nitrogen and oxygen atoms in total. The molecule has 5 rings (SSSR count). The normalized spacial score (nSPS) is 17.1. The molecule has 3 aromatic rings. The summed E-state index contributed by atoms with van der Waals surface area (Å²) >= 11 is 0. The van der Waals surface area contributed by atoms with Crippen LogP contribution in [0.1, 0.15) is 40.3 Å². The van der Waals surface area contributed by atoms with Gasteiger partial charge in [-0.3, -0.25) is 9.89 Å². The van der Waals surface area contributed by atoms with Crippen molar-refractivity contribution in [3.8, 4) is 0 Å². The molecule has 2 aliphatic heterocycles. The first-order valence-corrected chi connectivity index (χ1v) is 13.8. The van der Waals surface area contributed by atoms with E-state index >= 15 is 4.39 Å². The Morgan fingerprint density at radius 1 is 1.21 bits per heavy atom. The number of hydrogen-bond acceptors (Lipinski definition) is 4. The number of H-pyrrole nitrogens is 1.